The van der Waals surface area contributed by atoms with Gasteiger partial charge in [0, 0.05) is 0 Å². The van der Waals surface area contributed by atoms with Gasteiger partial charge in [-0.25, -0.2) is 0 Å². The van der Waals surface area contributed by atoms with Crippen molar-refractivity contribution in [1.82, 2.24) is 0 Å². The minimum atomic E-state index is -0.985. The smallest absolute Gasteiger partial charge is 0.190 e. The molecular weight excluding hydrogens is 312 g/mol. The third-order valence-corrected chi connectivity index (χ3v) is 4.43. The van der Waals surface area contributed by atoms with E-state index in [1.807, 2.05) is 32.9 Å². The molecule has 2 aliphatic heterocycles. The number of hydrogen-bond donors (Lipinski definition) is 2. The lowest BCUT2D eigenvalue weighted by molar-refractivity contribution is -0.227. The number of aliphatic hydroxyl groups excluding tert-OH is 2. The zero-order valence-electron chi connectivity index (χ0n) is 14.8. The Morgan fingerprint density at radius 3 is 2.38 bits per heavy atom. The average molecular weight is 338 g/mol. The summed E-state index contributed by atoms with van der Waals surface area (Å²) in [5.41, 5.74) is 3.19. The summed E-state index contributed by atoms with van der Waals surface area (Å²) in [5, 5.41) is 20.7. The minimum Gasteiger partial charge on any atom is -0.490 e. The van der Waals surface area contributed by atoms with Gasteiger partial charge in [0.05, 0.1) is 0 Å². The van der Waals surface area contributed by atoms with Crippen LogP contribution in [-0.4, -0.2) is 53.3 Å². The van der Waals surface area contributed by atoms with Crippen LogP contribution in [-0.2, 0) is 14.2 Å². The SMILES string of the molecule is Cc1cc(C)c(OCC(O)C2O[C@@H]3OC(C)(C)O[C@@H]3[C@H]2O)c(C)c1. The van der Waals surface area contributed by atoms with Crippen LogP contribution >= 0.6 is 0 Å². The van der Waals surface area contributed by atoms with Crippen molar-refractivity contribution in [2.24, 2.45) is 0 Å². The van der Waals surface area contributed by atoms with Crippen LogP contribution < -0.4 is 4.74 Å². The molecule has 6 heteroatoms. The number of ether oxygens (including phenoxy) is 4. The van der Waals surface area contributed by atoms with E-state index < -0.39 is 36.5 Å². The molecule has 2 aliphatic rings. The highest BCUT2D eigenvalue weighted by molar-refractivity contribution is 5.42. The van der Waals surface area contributed by atoms with Crippen molar-refractivity contribution in [2.75, 3.05) is 6.61 Å². The molecule has 3 rings (SSSR count). The van der Waals surface area contributed by atoms with E-state index in [-0.39, 0.29) is 6.61 Å². The maximum atomic E-state index is 10.4. The van der Waals surface area contributed by atoms with Crippen LogP contribution in [0.5, 0.6) is 5.75 Å². The third-order valence-electron chi connectivity index (χ3n) is 4.43. The molecule has 0 aromatic heterocycles. The highest BCUT2D eigenvalue weighted by Gasteiger charge is 2.55. The first-order valence-electron chi connectivity index (χ1n) is 8.26. The van der Waals surface area contributed by atoms with E-state index in [9.17, 15) is 10.2 Å². The van der Waals surface area contributed by atoms with Crippen molar-refractivity contribution < 1.29 is 29.2 Å². The lowest BCUT2D eigenvalue weighted by Gasteiger charge is -2.26. The second-order valence-corrected chi connectivity index (χ2v) is 7.17. The highest BCUT2D eigenvalue weighted by Crippen LogP contribution is 2.38. The van der Waals surface area contributed by atoms with Crippen LogP contribution in [0.2, 0.25) is 0 Å². The Balaban J connectivity index is 1.62. The van der Waals surface area contributed by atoms with E-state index in [1.54, 1.807) is 13.8 Å². The molecule has 1 aromatic rings. The van der Waals surface area contributed by atoms with Crippen molar-refractivity contribution >= 4 is 0 Å². The van der Waals surface area contributed by atoms with E-state index in [4.69, 9.17) is 18.9 Å². The largest absolute Gasteiger partial charge is 0.490 e. The van der Waals surface area contributed by atoms with Gasteiger partial charge in [0.25, 0.3) is 0 Å². The van der Waals surface area contributed by atoms with Gasteiger partial charge in [-0.3, -0.25) is 0 Å². The Morgan fingerprint density at radius 2 is 1.79 bits per heavy atom. The van der Waals surface area contributed by atoms with Crippen LogP contribution in [0, 0.1) is 20.8 Å². The summed E-state index contributed by atoms with van der Waals surface area (Å²) in [4.78, 5) is 0. The van der Waals surface area contributed by atoms with Gasteiger partial charge in [-0.15, -0.1) is 0 Å². The number of benzene rings is 1. The van der Waals surface area contributed by atoms with Crippen molar-refractivity contribution in [2.45, 2.75) is 71.1 Å². The quantitative estimate of drug-likeness (QED) is 0.868. The fraction of sp³-hybridized carbons (Fsp3) is 0.667. The molecule has 24 heavy (non-hydrogen) atoms. The van der Waals surface area contributed by atoms with Gasteiger partial charge in [0.15, 0.2) is 12.1 Å². The molecular formula is C18H26O6. The van der Waals surface area contributed by atoms with Crippen LogP contribution in [0.25, 0.3) is 0 Å². The van der Waals surface area contributed by atoms with Gasteiger partial charge in [0.1, 0.15) is 36.8 Å². The molecule has 0 bridgehead atoms. The van der Waals surface area contributed by atoms with E-state index in [1.165, 1.54) is 0 Å². The summed E-state index contributed by atoms with van der Waals surface area (Å²) >= 11 is 0. The molecule has 0 spiro atoms. The van der Waals surface area contributed by atoms with Crippen LogP contribution in [0.1, 0.15) is 30.5 Å². The predicted molar refractivity (Wildman–Crippen MR) is 86.9 cm³/mol. The summed E-state index contributed by atoms with van der Waals surface area (Å²) in [6.45, 7) is 9.52. The standard InChI is InChI=1S/C18H26O6/c1-9-6-10(2)14(11(3)7-9)21-8-12(19)15-13(20)16-17(22-15)24-18(4,5)23-16/h6-7,12-13,15-17,19-20H,8H2,1-5H3/t12?,13-,15?,16+,17+/m0/s1. The first-order valence-corrected chi connectivity index (χ1v) is 8.26. The first kappa shape index (κ1) is 17.6. The van der Waals surface area contributed by atoms with E-state index in [0.717, 1.165) is 22.4 Å². The zero-order chi connectivity index (χ0) is 17.6. The molecule has 2 saturated heterocycles. The van der Waals surface area contributed by atoms with E-state index in [0.29, 0.717) is 0 Å². The molecule has 0 radical (unpaired) electrons. The Bertz CT molecular complexity index is 591. The minimum absolute atomic E-state index is 0.0231. The topological polar surface area (TPSA) is 77.4 Å². The molecule has 1 aromatic carbocycles. The molecule has 6 nitrogen and oxygen atoms in total. The molecule has 5 atom stereocenters. The average Bonchev–Trinajstić information content (AvgIpc) is 2.91. The molecule has 134 valence electrons. The van der Waals surface area contributed by atoms with Crippen molar-refractivity contribution in [1.29, 1.82) is 0 Å². The number of aryl methyl sites for hydroxylation is 3. The molecule has 2 N–H and O–H groups in total. The second kappa shape index (κ2) is 6.28. The number of hydrogen-bond acceptors (Lipinski definition) is 6. The highest BCUT2D eigenvalue weighted by atomic mass is 16.8. The van der Waals surface area contributed by atoms with Gasteiger partial charge in [-0.2, -0.15) is 0 Å². The number of rotatable bonds is 4. The third kappa shape index (κ3) is 3.30. The monoisotopic (exact) mass is 338 g/mol. The van der Waals surface area contributed by atoms with Crippen LogP contribution in [0.3, 0.4) is 0 Å². The maximum absolute atomic E-state index is 10.4. The second-order valence-electron chi connectivity index (χ2n) is 7.17. The van der Waals surface area contributed by atoms with E-state index >= 15 is 0 Å². The Kier molecular flexibility index (Phi) is 4.61. The van der Waals surface area contributed by atoms with Gasteiger partial charge >= 0.3 is 0 Å². The molecule has 0 saturated carbocycles. The van der Waals surface area contributed by atoms with Crippen LogP contribution in [0.4, 0.5) is 0 Å². The Hall–Kier alpha value is -1.18. The summed E-state index contributed by atoms with van der Waals surface area (Å²) in [6, 6.07) is 4.06. The number of aliphatic hydroxyl groups is 2. The van der Waals surface area contributed by atoms with Crippen LogP contribution in [0.15, 0.2) is 12.1 Å². The fourth-order valence-corrected chi connectivity index (χ4v) is 3.49. The van der Waals surface area contributed by atoms with Gasteiger partial charge in [-0.1, -0.05) is 17.7 Å². The molecule has 2 heterocycles. The summed E-state index contributed by atoms with van der Waals surface area (Å²) in [7, 11) is 0. The maximum Gasteiger partial charge on any atom is 0.190 e. The lowest BCUT2D eigenvalue weighted by Crippen LogP contribution is -2.43. The normalized spacial score (nSPS) is 32.6. The summed E-state index contributed by atoms with van der Waals surface area (Å²) < 4.78 is 22.6. The molecule has 2 unspecified atom stereocenters. The Morgan fingerprint density at radius 1 is 1.17 bits per heavy atom. The number of fused-ring (bicyclic) bond motifs is 1. The summed E-state index contributed by atoms with van der Waals surface area (Å²) in [5.74, 6) is -0.0419. The van der Waals surface area contributed by atoms with Crippen molar-refractivity contribution in [3.8, 4) is 5.75 Å². The molecule has 0 amide bonds. The lowest BCUT2D eigenvalue weighted by atomic mass is 10.1. The predicted octanol–water partition coefficient (Wildman–Crippen LogP) is 1.59. The van der Waals surface area contributed by atoms with Gasteiger partial charge in [0.2, 0.25) is 0 Å². The molecule has 2 fully saturated rings. The first-order chi connectivity index (χ1) is 11.2. The molecule has 0 aliphatic carbocycles. The van der Waals surface area contributed by atoms with Gasteiger partial charge < -0.3 is 29.2 Å². The summed E-state index contributed by atoms with van der Waals surface area (Å²) in [6.07, 6.45) is -4.02. The van der Waals surface area contributed by atoms with E-state index in [2.05, 4.69) is 0 Å². The fourth-order valence-electron chi connectivity index (χ4n) is 3.49. The van der Waals surface area contributed by atoms with Crippen molar-refractivity contribution in [3.63, 3.8) is 0 Å². The van der Waals surface area contributed by atoms with Gasteiger partial charge in [-0.05, 0) is 45.7 Å². The zero-order valence-corrected chi connectivity index (χ0v) is 14.8. The Labute approximate surface area is 142 Å². The van der Waals surface area contributed by atoms with Crippen molar-refractivity contribution in [3.05, 3.63) is 28.8 Å².